The molecule has 0 radical (unpaired) electrons. The van der Waals surface area contributed by atoms with Crippen molar-refractivity contribution >= 4 is 0 Å². The Balaban J connectivity index is 2.68. The molecule has 9 heavy (non-hydrogen) atoms. The molecule has 1 heterocycles. The second-order valence-corrected chi connectivity index (χ2v) is 2.37. The quantitative estimate of drug-likeness (QED) is 0.522. The molecule has 0 saturated heterocycles. The summed E-state index contributed by atoms with van der Waals surface area (Å²) in [6.45, 7) is 5.56. The molecule has 1 rings (SSSR count). The summed E-state index contributed by atoms with van der Waals surface area (Å²) in [6.07, 6.45) is 2.08. The molecule has 0 bridgehead atoms. The summed E-state index contributed by atoms with van der Waals surface area (Å²) in [4.78, 5) is 0. The Morgan fingerprint density at radius 1 is 1.89 bits per heavy atom. The van der Waals surface area contributed by atoms with E-state index in [9.17, 15) is 4.39 Å². The van der Waals surface area contributed by atoms with E-state index in [1.807, 2.05) is 6.92 Å². The van der Waals surface area contributed by atoms with Crippen molar-refractivity contribution in [3.63, 3.8) is 0 Å². The van der Waals surface area contributed by atoms with Crippen LogP contribution < -0.4 is 5.32 Å². The number of nitrogens with one attached hydrogen (secondary N) is 1. The SMILES string of the molecule is C=C1C[C@H](C)NC=C1F. The molecule has 1 nitrogen and oxygen atoms in total. The third kappa shape index (κ3) is 1.31. The van der Waals surface area contributed by atoms with Crippen molar-refractivity contribution in [2.45, 2.75) is 19.4 Å². The van der Waals surface area contributed by atoms with Crippen LogP contribution in [0.1, 0.15) is 13.3 Å². The zero-order valence-corrected chi connectivity index (χ0v) is 5.45. The van der Waals surface area contributed by atoms with Crippen molar-refractivity contribution in [3.8, 4) is 0 Å². The molecule has 0 unspecified atom stereocenters. The minimum atomic E-state index is -0.215. The lowest BCUT2D eigenvalue weighted by molar-refractivity contribution is 0.540. The average Bonchev–Trinajstić information content (AvgIpc) is 1.80. The van der Waals surface area contributed by atoms with Crippen molar-refractivity contribution in [2.75, 3.05) is 0 Å². The van der Waals surface area contributed by atoms with E-state index in [0.717, 1.165) is 0 Å². The van der Waals surface area contributed by atoms with Gasteiger partial charge in [0, 0.05) is 12.2 Å². The highest BCUT2D eigenvalue weighted by Gasteiger charge is 2.11. The number of rotatable bonds is 0. The molecule has 1 aliphatic heterocycles. The van der Waals surface area contributed by atoms with Crippen molar-refractivity contribution in [1.29, 1.82) is 0 Å². The second kappa shape index (κ2) is 2.21. The smallest absolute Gasteiger partial charge is 0.141 e. The van der Waals surface area contributed by atoms with E-state index in [2.05, 4.69) is 11.9 Å². The van der Waals surface area contributed by atoms with Gasteiger partial charge in [0.2, 0.25) is 0 Å². The minimum Gasteiger partial charge on any atom is -0.386 e. The molecule has 0 aromatic carbocycles. The van der Waals surface area contributed by atoms with Crippen LogP contribution in [0.2, 0.25) is 0 Å². The van der Waals surface area contributed by atoms with Gasteiger partial charge in [0.05, 0.1) is 0 Å². The van der Waals surface area contributed by atoms with Gasteiger partial charge in [0.15, 0.2) is 0 Å². The summed E-state index contributed by atoms with van der Waals surface area (Å²) in [6, 6.07) is 0.331. The molecule has 0 aromatic rings. The first-order valence-electron chi connectivity index (χ1n) is 3.00. The van der Waals surface area contributed by atoms with E-state index in [4.69, 9.17) is 0 Å². The molecular weight excluding hydrogens is 117 g/mol. The van der Waals surface area contributed by atoms with Crippen LogP contribution in [0.25, 0.3) is 0 Å². The van der Waals surface area contributed by atoms with Gasteiger partial charge in [-0.15, -0.1) is 0 Å². The fourth-order valence-corrected chi connectivity index (χ4v) is 0.844. The zero-order valence-electron chi connectivity index (χ0n) is 5.45. The van der Waals surface area contributed by atoms with Crippen molar-refractivity contribution in [2.24, 2.45) is 0 Å². The van der Waals surface area contributed by atoms with Gasteiger partial charge in [0.1, 0.15) is 5.83 Å². The second-order valence-electron chi connectivity index (χ2n) is 2.37. The summed E-state index contributed by atoms with van der Waals surface area (Å²) >= 11 is 0. The molecule has 0 amide bonds. The molecule has 0 fully saturated rings. The van der Waals surface area contributed by atoms with Gasteiger partial charge in [-0.3, -0.25) is 0 Å². The lowest BCUT2D eigenvalue weighted by Crippen LogP contribution is -2.24. The van der Waals surface area contributed by atoms with E-state index in [1.54, 1.807) is 0 Å². The first kappa shape index (κ1) is 6.33. The van der Waals surface area contributed by atoms with Gasteiger partial charge in [-0.2, -0.15) is 0 Å². The average molecular weight is 127 g/mol. The van der Waals surface area contributed by atoms with E-state index in [1.165, 1.54) is 6.20 Å². The number of hydrogen-bond acceptors (Lipinski definition) is 1. The van der Waals surface area contributed by atoms with Gasteiger partial charge < -0.3 is 5.32 Å². The molecule has 1 atom stereocenters. The molecule has 2 heteroatoms. The first-order valence-corrected chi connectivity index (χ1v) is 3.00. The zero-order chi connectivity index (χ0) is 6.85. The molecular formula is C7H10FN. The monoisotopic (exact) mass is 127 g/mol. The predicted molar refractivity (Wildman–Crippen MR) is 35.5 cm³/mol. The normalized spacial score (nSPS) is 27.1. The molecule has 50 valence electrons. The van der Waals surface area contributed by atoms with Gasteiger partial charge >= 0.3 is 0 Å². The lowest BCUT2D eigenvalue weighted by Gasteiger charge is -2.17. The molecule has 0 aliphatic carbocycles. The van der Waals surface area contributed by atoms with Gasteiger partial charge in [-0.25, -0.2) is 4.39 Å². The van der Waals surface area contributed by atoms with Crippen LogP contribution in [0.3, 0.4) is 0 Å². The van der Waals surface area contributed by atoms with Crippen molar-refractivity contribution < 1.29 is 4.39 Å². The van der Waals surface area contributed by atoms with Crippen LogP contribution in [0.5, 0.6) is 0 Å². The highest BCUT2D eigenvalue weighted by atomic mass is 19.1. The topological polar surface area (TPSA) is 12.0 Å². The maximum atomic E-state index is 12.4. The van der Waals surface area contributed by atoms with E-state index in [0.29, 0.717) is 18.0 Å². The molecule has 0 aromatic heterocycles. The van der Waals surface area contributed by atoms with E-state index < -0.39 is 0 Å². The Kier molecular flexibility index (Phi) is 1.56. The van der Waals surface area contributed by atoms with Crippen LogP contribution >= 0.6 is 0 Å². The van der Waals surface area contributed by atoms with Crippen LogP contribution in [0, 0.1) is 0 Å². The van der Waals surface area contributed by atoms with Crippen LogP contribution in [0.15, 0.2) is 24.2 Å². The highest BCUT2D eigenvalue weighted by molar-refractivity contribution is 5.25. The van der Waals surface area contributed by atoms with E-state index >= 15 is 0 Å². The minimum absolute atomic E-state index is 0.215. The summed E-state index contributed by atoms with van der Waals surface area (Å²) in [5.74, 6) is -0.215. The third-order valence-corrected chi connectivity index (χ3v) is 1.38. The van der Waals surface area contributed by atoms with Crippen molar-refractivity contribution in [3.05, 3.63) is 24.2 Å². The molecule has 0 spiro atoms. The molecule has 0 saturated carbocycles. The Bertz CT molecular complexity index is 160. The van der Waals surface area contributed by atoms with Gasteiger partial charge in [0.25, 0.3) is 0 Å². The Morgan fingerprint density at radius 2 is 2.56 bits per heavy atom. The number of hydrogen-bond donors (Lipinski definition) is 1. The number of allylic oxidation sites excluding steroid dienone is 1. The van der Waals surface area contributed by atoms with Gasteiger partial charge in [-0.05, 0) is 18.9 Å². The third-order valence-electron chi connectivity index (χ3n) is 1.38. The maximum absolute atomic E-state index is 12.4. The van der Waals surface area contributed by atoms with Crippen LogP contribution in [0.4, 0.5) is 4.39 Å². The summed E-state index contributed by atoms with van der Waals surface area (Å²) in [5.41, 5.74) is 0.598. The van der Waals surface area contributed by atoms with Gasteiger partial charge in [-0.1, -0.05) is 6.58 Å². The Morgan fingerprint density at radius 3 is 3.00 bits per heavy atom. The maximum Gasteiger partial charge on any atom is 0.141 e. The number of halogens is 1. The fourth-order valence-electron chi connectivity index (χ4n) is 0.844. The Hall–Kier alpha value is -0.790. The highest BCUT2D eigenvalue weighted by Crippen LogP contribution is 2.18. The summed E-state index contributed by atoms with van der Waals surface area (Å²) in [7, 11) is 0. The fraction of sp³-hybridized carbons (Fsp3) is 0.429. The standard InChI is InChI=1S/C7H10FN/c1-5-3-6(2)9-4-7(5)8/h4,6,9H,1,3H2,2H3/t6-/m0/s1. The van der Waals surface area contributed by atoms with Crippen molar-refractivity contribution in [1.82, 2.24) is 5.32 Å². The van der Waals surface area contributed by atoms with Crippen LogP contribution in [-0.4, -0.2) is 6.04 Å². The first-order chi connectivity index (χ1) is 4.20. The molecule has 1 aliphatic rings. The lowest BCUT2D eigenvalue weighted by atomic mass is 10.1. The summed E-state index contributed by atoms with van der Waals surface area (Å²) < 4.78 is 12.4. The van der Waals surface area contributed by atoms with E-state index in [-0.39, 0.29) is 5.83 Å². The predicted octanol–water partition coefficient (Wildman–Crippen LogP) is 1.74. The summed E-state index contributed by atoms with van der Waals surface area (Å²) in [5, 5.41) is 2.86. The largest absolute Gasteiger partial charge is 0.386 e. The van der Waals surface area contributed by atoms with Crippen LogP contribution in [-0.2, 0) is 0 Å². The Labute approximate surface area is 54.3 Å². The molecule has 1 N–H and O–H groups in total.